The fraction of sp³-hybridized carbons (Fsp3) is 0.417. The average Bonchev–Trinajstić information content (AvgIpc) is 3.37. The van der Waals surface area contributed by atoms with Crippen molar-refractivity contribution in [2.75, 3.05) is 6.61 Å². The number of benzene rings is 1. The van der Waals surface area contributed by atoms with Crippen molar-refractivity contribution in [3.8, 4) is 5.75 Å². The molecule has 0 heterocycles. The Balaban J connectivity index is 2.11. The monoisotopic (exact) mass is 415 g/mol. The lowest BCUT2D eigenvalue weighted by Gasteiger charge is -2.27. The van der Waals surface area contributed by atoms with E-state index in [0.29, 0.717) is 23.8 Å². The first-order valence-electron chi connectivity index (χ1n) is 9.75. The molecule has 0 amide bonds. The van der Waals surface area contributed by atoms with E-state index in [1.807, 2.05) is 52.8 Å². The fourth-order valence-electron chi connectivity index (χ4n) is 2.69. The molecule has 1 fully saturated rings. The Labute approximate surface area is 179 Å². The molecule has 0 unspecified atom stereocenters. The average molecular weight is 416 g/mol. The van der Waals surface area contributed by atoms with E-state index in [9.17, 15) is 5.11 Å². The molecule has 0 spiro atoms. The van der Waals surface area contributed by atoms with Crippen LogP contribution in [-0.4, -0.2) is 22.9 Å². The van der Waals surface area contributed by atoms with E-state index in [1.165, 1.54) is 0 Å². The third-order valence-electron chi connectivity index (χ3n) is 4.46. The number of aliphatic hydroxyl groups excluding tert-OH is 1. The number of aliphatic hydroxyl groups is 1. The zero-order valence-electron chi connectivity index (χ0n) is 18.2. The fourth-order valence-corrected chi connectivity index (χ4v) is 3.43. The molecule has 1 saturated carbocycles. The highest BCUT2D eigenvalue weighted by molar-refractivity contribution is 8.11. The minimum atomic E-state index is -0.297. The van der Waals surface area contributed by atoms with Crippen LogP contribution >= 0.6 is 11.8 Å². The highest BCUT2D eigenvalue weighted by atomic mass is 32.2. The maximum atomic E-state index is 9.91. The molecular weight excluding hydrogens is 382 g/mol. The smallest absolute Gasteiger partial charge is 0.180 e. The molecule has 1 aromatic carbocycles. The van der Waals surface area contributed by atoms with Crippen molar-refractivity contribution in [1.29, 1.82) is 0 Å². The molecule has 2 rings (SSSR count). The summed E-state index contributed by atoms with van der Waals surface area (Å²) < 4.78 is 11.9. The van der Waals surface area contributed by atoms with Crippen molar-refractivity contribution in [2.45, 2.75) is 58.6 Å². The lowest BCUT2D eigenvalue weighted by molar-refractivity contribution is 0.0349. The van der Waals surface area contributed by atoms with Crippen LogP contribution in [-0.2, 0) is 4.74 Å². The zero-order chi connectivity index (χ0) is 21.8. The van der Waals surface area contributed by atoms with Crippen molar-refractivity contribution in [3.63, 3.8) is 0 Å². The predicted octanol–water partition coefficient (Wildman–Crippen LogP) is 6.63. The van der Waals surface area contributed by atoms with Crippen molar-refractivity contribution < 1.29 is 14.6 Å². The van der Waals surface area contributed by atoms with Gasteiger partial charge in [0.2, 0.25) is 0 Å². The second-order valence-electron chi connectivity index (χ2n) is 8.45. The highest BCUT2D eigenvalue weighted by Crippen LogP contribution is 2.39. The third kappa shape index (κ3) is 7.24. The SMILES string of the molecule is C=C(NC1(COc2cc(C(=C)O)cc(C(=C)S/C(C)=C\C)c2)CC1)OC(C)(C)C. The van der Waals surface area contributed by atoms with Gasteiger partial charge in [-0.3, -0.25) is 0 Å². The summed E-state index contributed by atoms with van der Waals surface area (Å²) in [5, 5.41) is 13.3. The van der Waals surface area contributed by atoms with Gasteiger partial charge in [0.1, 0.15) is 23.7 Å². The number of allylic oxidation sites excluding steroid dienone is 2. The second-order valence-corrected chi connectivity index (χ2v) is 9.79. The van der Waals surface area contributed by atoms with Gasteiger partial charge in [-0.15, -0.1) is 0 Å². The van der Waals surface area contributed by atoms with E-state index in [4.69, 9.17) is 9.47 Å². The van der Waals surface area contributed by atoms with E-state index in [-0.39, 0.29) is 16.9 Å². The van der Waals surface area contributed by atoms with Gasteiger partial charge in [0.05, 0.1) is 5.54 Å². The first-order chi connectivity index (χ1) is 13.4. The molecule has 5 heteroatoms. The van der Waals surface area contributed by atoms with E-state index in [2.05, 4.69) is 25.1 Å². The van der Waals surface area contributed by atoms with Crippen LogP contribution in [0.4, 0.5) is 0 Å². The van der Waals surface area contributed by atoms with E-state index >= 15 is 0 Å². The Bertz CT molecular complexity index is 829. The van der Waals surface area contributed by atoms with E-state index in [0.717, 1.165) is 28.2 Å². The summed E-state index contributed by atoms with van der Waals surface area (Å²) in [6.07, 6.45) is 4.01. The quantitative estimate of drug-likeness (QED) is 0.420. The van der Waals surface area contributed by atoms with Gasteiger partial charge >= 0.3 is 0 Å². The molecular formula is C24H33NO3S. The van der Waals surface area contributed by atoms with Gasteiger partial charge in [0.15, 0.2) is 5.88 Å². The molecule has 0 aliphatic heterocycles. The molecule has 1 aliphatic rings. The number of rotatable bonds is 10. The van der Waals surface area contributed by atoms with Crippen LogP contribution < -0.4 is 10.1 Å². The van der Waals surface area contributed by atoms with Gasteiger partial charge in [-0.1, -0.05) is 31.0 Å². The summed E-state index contributed by atoms with van der Waals surface area (Å²) in [6.45, 7) is 22.3. The third-order valence-corrected chi connectivity index (χ3v) is 5.49. The van der Waals surface area contributed by atoms with Crippen LogP contribution in [0.15, 0.2) is 54.8 Å². The Morgan fingerprint density at radius 3 is 2.34 bits per heavy atom. The number of thioether (sulfide) groups is 1. The summed E-state index contributed by atoms with van der Waals surface area (Å²) >= 11 is 1.59. The largest absolute Gasteiger partial charge is 0.508 e. The lowest BCUT2D eigenvalue weighted by atomic mass is 10.1. The van der Waals surface area contributed by atoms with Crippen molar-refractivity contribution in [3.05, 3.63) is 65.9 Å². The first-order valence-corrected chi connectivity index (χ1v) is 10.6. The molecule has 0 radical (unpaired) electrons. The maximum Gasteiger partial charge on any atom is 0.180 e. The van der Waals surface area contributed by atoms with Crippen LogP contribution in [0.5, 0.6) is 5.75 Å². The minimum absolute atomic E-state index is 0.00321. The molecule has 0 aromatic heterocycles. The van der Waals surface area contributed by atoms with E-state index in [1.54, 1.807) is 17.8 Å². The number of hydrogen-bond acceptors (Lipinski definition) is 5. The standard InChI is InChI=1S/C24H33NO3S/c1-9-16(2)29-18(4)21-12-20(17(3)26)13-22(14-21)27-15-24(10-11-24)25-19(5)28-23(6,7)8/h9,12-14,25-26H,3-5,10-11,15H2,1-2,6-8H3/b16-9-. The molecule has 2 N–H and O–H groups in total. The predicted molar refractivity (Wildman–Crippen MR) is 125 cm³/mol. The normalized spacial score (nSPS) is 15.4. The first kappa shape index (κ1) is 23.0. The van der Waals surface area contributed by atoms with E-state index < -0.39 is 0 Å². The number of hydrogen-bond donors (Lipinski definition) is 2. The van der Waals surface area contributed by atoms with Gasteiger partial charge in [-0.2, -0.15) is 0 Å². The summed E-state index contributed by atoms with van der Waals surface area (Å²) in [5.41, 5.74) is 1.06. The summed E-state index contributed by atoms with van der Waals surface area (Å²) in [6, 6.07) is 5.61. The van der Waals surface area contributed by atoms with Gasteiger partial charge in [-0.05, 0) is 82.7 Å². The summed E-state index contributed by atoms with van der Waals surface area (Å²) in [4.78, 5) is 2.05. The van der Waals surface area contributed by atoms with Gasteiger partial charge in [-0.25, -0.2) is 0 Å². The van der Waals surface area contributed by atoms with Crippen LogP contribution in [0.3, 0.4) is 0 Å². The van der Waals surface area contributed by atoms with Crippen molar-refractivity contribution in [2.24, 2.45) is 0 Å². The van der Waals surface area contributed by atoms with Crippen LogP contribution in [0.25, 0.3) is 10.7 Å². The van der Waals surface area contributed by atoms with Gasteiger partial charge < -0.3 is 19.9 Å². The maximum absolute atomic E-state index is 9.91. The van der Waals surface area contributed by atoms with Crippen molar-refractivity contribution >= 4 is 22.4 Å². The number of nitrogens with one attached hydrogen (secondary N) is 1. The molecule has 1 aromatic rings. The van der Waals surface area contributed by atoms with Gasteiger partial charge in [0, 0.05) is 10.5 Å². The Morgan fingerprint density at radius 1 is 1.21 bits per heavy atom. The summed E-state index contributed by atoms with van der Waals surface area (Å²) in [5.74, 6) is 1.23. The second kappa shape index (κ2) is 9.04. The highest BCUT2D eigenvalue weighted by Gasteiger charge is 2.44. The topological polar surface area (TPSA) is 50.7 Å². The molecule has 158 valence electrons. The molecule has 0 saturated heterocycles. The molecule has 1 aliphatic carbocycles. The summed E-state index contributed by atoms with van der Waals surface area (Å²) in [7, 11) is 0. The molecule has 0 atom stereocenters. The van der Waals surface area contributed by atoms with Gasteiger partial charge in [0.25, 0.3) is 0 Å². The molecule has 4 nitrogen and oxygen atoms in total. The molecule has 0 bridgehead atoms. The molecule has 29 heavy (non-hydrogen) atoms. The van der Waals surface area contributed by atoms with Crippen molar-refractivity contribution in [1.82, 2.24) is 5.32 Å². The number of ether oxygens (including phenoxy) is 2. The lowest BCUT2D eigenvalue weighted by Crippen LogP contribution is -2.38. The Morgan fingerprint density at radius 2 is 1.83 bits per heavy atom. The van der Waals surface area contributed by atoms with Crippen LogP contribution in [0, 0.1) is 0 Å². The Hall–Kier alpha value is -2.27. The minimum Gasteiger partial charge on any atom is -0.508 e. The zero-order valence-corrected chi connectivity index (χ0v) is 19.0. The van der Waals surface area contributed by atoms with Crippen LogP contribution in [0.1, 0.15) is 58.6 Å². The Kier molecular flexibility index (Phi) is 7.17. The van der Waals surface area contributed by atoms with Crippen LogP contribution in [0.2, 0.25) is 0 Å².